The first-order valence-corrected chi connectivity index (χ1v) is 5.98. The molecule has 0 spiro atoms. The highest BCUT2D eigenvalue weighted by Crippen LogP contribution is 2.37. The highest BCUT2D eigenvalue weighted by molar-refractivity contribution is 5.62. The van der Waals surface area contributed by atoms with Crippen molar-refractivity contribution in [3.05, 3.63) is 23.8 Å². The van der Waals surface area contributed by atoms with Gasteiger partial charge in [-0.05, 0) is 38.5 Å². The first-order chi connectivity index (χ1) is 7.50. The first kappa shape index (κ1) is 12.9. The number of fused-ring (bicyclic) bond motifs is 1. The fraction of sp³-hybridized carbons (Fsp3) is 0.571. The second kappa shape index (κ2) is 4.77. The van der Waals surface area contributed by atoms with Crippen molar-refractivity contribution in [3.63, 3.8) is 0 Å². The average molecular weight is 221 g/mol. The van der Waals surface area contributed by atoms with Crippen molar-refractivity contribution in [1.29, 1.82) is 0 Å². The van der Waals surface area contributed by atoms with Crippen LogP contribution in [0.15, 0.2) is 18.2 Å². The largest absolute Gasteiger partial charge is 0.489 e. The lowest BCUT2D eigenvalue weighted by Crippen LogP contribution is -2.49. The van der Waals surface area contributed by atoms with Gasteiger partial charge < -0.3 is 9.64 Å². The van der Waals surface area contributed by atoms with Crippen molar-refractivity contribution in [2.75, 3.05) is 18.6 Å². The maximum atomic E-state index is 5.75. The highest BCUT2D eigenvalue weighted by Gasteiger charge is 2.31. The van der Waals surface area contributed by atoms with Crippen molar-refractivity contribution in [2.24, 2.45) is 0 Å². The lowest BCUT2D eigenvalue weighted by atomic mass is 10.0. The number of rotatable bonds is 0. The normalized spacial score (nSPS) is 16.8. The standard InChI is InChI=1S/C12H17NO.C2H6/c1-9-5-6-10-11(7-9)14-8-12(2,3)13(10)4;1-2/h5-7H,8H2,1-4H3;1-2H3. The fourth-order valence-corrected chi connectivity index (χ4v) is 1.69. The zero-order valence-electron chi connectivity index (χ0n) is 11.3. The summed E-state index contributed by atoms with van der Waals surface area (Å²) in [6.45, 7) is 11.2. The molecule has 1 aliphatic rings. The molecule has 1 heterocycles. The van der Waals surface area contributed by atoms with Crippen LogP contribution < -0.4 is 9.64 Å². The van der Waals surface area contributed by atoms with Crippen LogP contribution in [0.4, 0.5) is 5.69 Å². The van der Waals surface area contributed by atoms with Crippen LogP contribution in [-0.2, 0) is 0 Å². The molecule has 0 amide bonds. The number of benzene rings is 1. The van der Waals surface area contributed by atoms with Crippen LogP contribution in [0.25, 0.3) is 0 Å². The number of hydrogen-bond acceptors (Lipinski definition) is 2. The molecule has 1 aromatic carbocycles. The monoisotopic (exact) mass is 221 g/mol. The summed E-state index contributed by atoms with van der Waals surface area (Å²) in [5.74, 6) is 1.01. The molecule has 0 fully saturated rings. The Kier molecular flexibility index (Phi) is 3.84. The van der Waals surface area contributed by atoms with Crippen molar-refractivity contribution < 1.29 is 4.74 Å². The molecule has 0 saturated heterocycles. The Morgan fingerprint density at radius 1 is 1.25 bits per heavy atom. The van der Waals surface area contributed by atoms with Crippen LogP contribution in [0.3, 0.4) is 0 Å². The van der Waals surface area contributed by atoms with Crippen LogP contribution in [0.1, 0.15) is 33.3 Å². The van der Waals surface area contributed by atoms with E-state index in [4.69, 9.17) is 4.74 Å². The van der Waals surface area contributed by atoms with Gasteiger partial charge in [0.2, 0.25) is 0 Å². The van der Waals surface area contributed by atoms with E-state index in [-0.39, 0.29) is 5.54 Å². The Labute approximate surface area is 99.2 Å². The minimum atomic E-state index is 0.0856. The van der Waals surface area contributed by atoms with Crippen LogP contribution in [0.5, 0.6) is 5.75 Å². The summed E-state index contributed by atoms with van der Waals surface area (Å²) >= 11 is 0. The first-order valence-electron chi connectivity index (χ1n) is 5.98. The maximum absolute atomic E-state index is 5.75. The molecular formula is C14H23NO. The smallest absolute Gasteiger partial charge is 0.142 e. The van der Waals surface area contributed by atoms with Gasteiger partial charge in [-0.3, -0.25) is 0 Å². The van der Waals surface area contributed by atoms with Crippen LogP contribution >= 0.6 is 0 Å². The number of hydrogen-bond donors (Lipinski definition) is 0. The van der Waals surface area contributed by atoms with Gasteiger partial charge in [0.05, 0.1) is 11.2 Å². The van der Waals surface area contributed by atoms with Gasteiger partial charge in [-0.1, -0.05) is 19.9 Å². The van der Waals surface area contributed by atoms with E-state index in [1.807, 2.05) is 13.8 Å². The van der Waals surface area contributed by atoms with Gasteiger partial charge >= 0.3 is 0 Å². The Balaban J connectivity index is 0.000000606. The van der Waals surface area contributed by atoms with Crippen molar-refractivity contribution in [3.8, 4) is 5.75 Å². The molecule has 0 radical (unpaired) electrons. The average Bonchev–Trinajstić information content (AvgIpc) is 2.27. The van der Waals surface area contributed by atoms with E-state index in [0.29, 0.717) is 0 Å². The van der Waals surface area contributed by atoms with Gasteiger partial charge in [-0.15, -0.1) is 0 Å². The van der Waals surface area contributed by atoms with Gasteiger partial charge in [0, 0.05) is 7.05 Å². The van der Waals surface area contributed by atoms with Crippen LogP contribution in [0, 0.1) is 6.92 Å². The van der Waals surface area contributed by atoms with Crippen molar-refractivity contribution in [2.45, 2.75) is 40.2 Å². The summed E-state index contributed by atoms with van der Waals surface area (Å²) in [5, 5.41) is 0. The van der Waals surface area contributed by atoms with E-state index in [2.05, 4.69) is 50.9 Å². The molecule has 0 bridgehead atoms. The van der Waals surface area contributed by atoms with E-state index >= 15 is 0 Å². The molecule has 1 aromatic rings. The van der Waals surface area contributed by atoms with Gasteiger partial charge in [-0.25, -0.2) is 0 Å². The minimum Gasteiger partial charge on any atom is -0.489 e. The van der Waals surface area contributed by atoms with E-state index in [9.17, 15) is 0 Å². The molecule has 0 aromatic heterocycles. The number of anilines is 1. The highest BCUT2D eigenvalue weighted by atomic mass is 16.5. The number of likely N-dealkylation sites (N-methyl/N-ethyl adjacent to an activating group) is 1. The molecule has 2 nitrogen and oxygen atoms in total. The molecule has 0 aliphatic carbocycles. The molecule has 0 atom stereocenters. The summed E-state index contributed by atoms with van der Waals surface area (Å²) in [5.41, 5.74) is 2.52. The third-order valence-corrected chi connectivity index (χ3v) is 2.97. The van der Waals surface area contributed by atoms with Crippen LogP contribution in [-0.4, -0.2) is 19.2 Å². The van der Waals surface area contributed by atoms with Gasteiger partial charge in [0.25, 0.3) is 0 Å². The van der Waals surface area contributed by atoms with Crippen molar-refractivity contribution in [1.82, 2.24) is 0 Å². The second-order valence-electron chi connectivity index (χ2n) is 4.63. The number of aryl methyl sites for hydroxylation is 1. The predicted molar refractivity (Wildman–Crippen MR) is 70.5 cm³/mol. The van der Waals surface area contributed by atoms with Gasteiger partial charge in [-0.2, -0.15) is 0 Å². The molecule has 2 heteroatoms. The third kappa shape index (κ3) is 2.31. The topological polar surface area (TPSA) is 12.5 Å². The predicted octanol–water partition coefficient (Wildman–Crippen LogP) is 3.63. The maximum Gasteiger partial charge on any atom is 0.142 e. The quantitative estimate of drug-likeness (QED) is 0.663. The molecule has 2 rings (SSSR count). The van der Waals surface area contributed by atoms with E-state index < -0.39 is 0 Å². The molecule has 90 valence electrons. The van der Waals surface area contributed by atoms with E-state index in [1.54, 1.807) is 0 Å². The number of ether oxygens (including phenoxy) is 1. The summed E-state index contributed by atoms with van der Waals surface area (Å²) in [7, 11) is 2.12. The molecule has 1 aliphatic heterocycles. The second-order valence-corrected chi connectivity index (χ2v) is 4.63. The Morgan fingerprint density at radius 2 is 1.88 bits per heavy atom. The van der Waals surface area contributed by atoms with Crippen LogP contribution in [0.2, 0.25) is 0 Å². The zero-order valence-corrected chi connectivity index (χ0v) is 11.3. The Bertz CT molecular complexity index is 358. The SMILES string of the molecule is CC.Cc1ccc2c(c1)OCC(C)(C)N2C. The van der Waals surface area contributed by atoms with Crippen molar-refractivity contribution >= 4 is 5.69 Å². The minimum absolute atomic E-state index is 0.0856. The fourth-order valence-electron chi connectivity index (χ4n) is 1.69. The summed E-state index contributed by atoms with van der Waals surface area (Å²) < 4.78 is 5.75. The lowest BCUT2D eigenvalue weighted by Gasteiger charge is -2.42. The van der Waals surface area contributed by atoms with Gasteiger partial charge in [0.15, 0.2) is 0 Å². The number of nitrogens with zero attached hydrogens (tertiary/aromatic N) is 1. The molecule has 0 saturated carbocycles. The molecular weight excluding hydrogens is 198 g/mol. The van der Waals surface area contributed by atoms with Gasteiger partial charge in [0.1, 0.15) is 12.4 Å². The summed E-state index contributed by atoms with van der Waals surface area (Å²) in [6.07, 6.45) is 0. The van der Waals surface area contributed by atoms with E-state index in [1.165, 1.54) is 11.3 Å². The molecule has 16 heavy (non-hydrogen) atoms. The summed E-state index contributed by atoms with van der Waals surface area (Å²) in [4.78, 5) is 2.28. The lowest BCUT2D eigenvalue weighted by molar-refractivity contribution is 0.218. The molecule has 0 N–H and O–H groups in total. The van der Waals surface area contributed by atoms with E-state index in [0.717, 1.165) is 12.4 Å². The zero-order chi connectivity index (χ0) is 12.3. The Hall–Kier alpha value is -1.18. The Morgan fingerprint density at radius 3 is 2.50 bits per heavy atom. The summed E-state index contributed by atoms with van der Waals surface area (Å²) in [6, 6.07) is 6.35. The molecule has 0 unspecified atom stereocenters. The third-order valence-electron chi connectivity index (χ3n) is 2.97.